The molecule has 0 aromatic heterocycles. The third-order valence-corrected chi connectivity index (χ3v) is 6.90. The number of methoxy groups -OCH3 is 1. The summed E-state index contributed by atoms with van der Waals surface area (Å²) >= 11 is 0. The first-order valence-electron chi connectivity index (χ1n) is 15.0. The Morgan fingerprint density at radius 2 is 1.38 bits per heavy atom. The molecule has 0 radical (unpaired) electrons. The summed E-state index contributed by atoms with van der Waals surface area (Å²) in [6.45, 7) is 7.83. The van der Waals surface area contributed by atoms with E-state index in [0.717, 1.165) is 85.7 Å². The van der Waals surface area contributed by atoms with E-state index in [1.165, 1.54) is 0 Å². The van der Waals surface area contributed by atoms with Gasteiger partial charge >= 0.3 is 29.8 Å². The average Bonchev–Trinajstić information content (AvgIpc) is 2.93. The summed E-state index contributed by atoms with van der Waals surface area (Å²) in [5.74, 6) is -8.35. The third kappa shape index (κ3) is 12.4. The molecule has 0 aromatic carbocycles. The van der Waals surface area contributed by atoms with E-state index in [-0.39, 0.29) is 6.61 Å². The van der Waals surface area contributed by atoms with Crippen molar-refractivity contribution >= 4 is 41.7 Å². The second kappa shape index (κ2) is 19.0. The summed E-state index contributed by atoms with van der Waals surface area (Å²) in [5.41, 5.74) is 0. The summed E-state index contributed by atoms with van der Waals surface area (Å²) in [5, 5.41) is 0. The number of unbranched alkanes of at least 4 members (excludes halogenated alkanes) is 5. The molecule has 0 spiro atoms. The Balaban J connectivity index is 3.88. The van der Waals surface area contributed by atoms with Crippen molar-refractivity contribution in [3.63, 3.8) is 0 Å². The highest BCUT2D eigenvalue weighted by Gasteiger charge is 2.61. The van der Waals surface area contributed by atoms with Crippen molar-refractivity contribution in [2.45, 2.75) is 130 Å². The number of imide groups is 1. The van der Waals surface area contributed by atoms with E-state index in [1.54, 1.807) is 0 Å². The van der Waals surface area contributed by atoms with Gasteiger partial charge < -0.3 is 33.2 Å². The van der Waals surface area contributed by atoms with Gasteiger partial charge in [-0.2, -0.15) is 0 Å². The minimum absolute atomic E-state index is 0.00636. The van der Waals surface area contributed by atoms with E-state index >= 15 is 0 Å². The SMILES string of the molecule is CCCCCCCCO[C@]1(C(=O)OC)C[C@H](OC(C)=O)[C@@H](N(C(C)=O)C(C)=O)[C@H]([C@H](OC(C)=O)[C@@H](COC(C)=O)OC(C)=O)O1. The molecule has 1 fully saturated rings. The molecular weight excluding hydrogens is 598 g/mol. The predicted molar refractivity (Wildman–Crippen MR) is 154 cm³/mol. The number of esters is 5. The molecule has 0 unspecified atom stereocenters. The van der Waals surface area contributed by atoms with Crippen molar-refractivity contribution in [3.8, 4) is 0 Å². The van der Waals surface area contributed by atoms with Crippen molar-refractivity contribution in [3.05, 3.63) is 0 Å². The Hall–Kier alpha value is -3.59. The Bertz CT molecular complexity index is 1050. The summed E-state index contributed by atoms with van der Waals surface area (Å²) in [6, 6.07) is -1.54. The van der Waals surface area contributed by atoms with Gasteiger partial charge in [0, 0.05) is 41.5 Å². The number of hydrogen-bond donors (Lipinski definition) is 0. The van der Waals surface area contributed by atoms with Gasteiger partial charge in [0.15, 0.2) is 12.2 Å². The molecule has 0 saturated carbocycles. The van der Waals surface area contributed by atoms with Gasteiger partial charge in [0.25, 0.3) is 5.79 Å². The van der Waals surface area contributed by atoms with E-state index in [4.69, 9.17) is 33.2 Å². The van der Waals surface area contributed by atoms with Crippen LogP contribution >= 0.6 is 0 Å². The van der Waals surface area contributed by atoms with Crippen molar-refractivity contribution in [2.75, 3.05) is 20.3 Å². The zero-order valence-corrected chi connectivity index (χ0v) is 27.4. The molecule has 45 heavy (non-hydrogen) atoms. The highest BCUT2D eigenvalue weighted by molar-refractivity contribution is 5.93. The molecule has 15 heteroatoms. The molecule has 1 rings (SSSR count). The molecule has 1 aliphatic heterocycles. The van der Waals surface area contributed by atoms with Crippen molar-refractivity contribution < 1.29 is 66.7 Å². The van der Waals surface area contributed by atoms with Crippen LogP contribution in [0.4, 0.5) is 0 Å². The maximum Gasteiger partial charge on any atom is 0.366 e. The minimum atomic E-state index is -2.29. The average molecular weight is 646 g/mol. The predicted octanol–water partition coefficient (Wildman–Crippen LogP) is 2.14. The lowest BCUT2D eigenvalue weighted by molar-refractivity contribution is -0.320. The van der Waals surface area contributed by atoms with Crippen molar-refractivity contribution in [2.24, 2.45) is 0 Å². The number of rotatable bonds is 17. The fourth-order valence-corrected chi connectivity index (χ4v) is 5.19. The number of hydrogen-bond acceptors (Lipinski definition) is 14. The van der Waals surface area contributed by atoms with Crippen LogP contribution in [-0.2, 0) is 66.7 Å². The molecule has 2 amide bonds. The molecular formula is C30H47NO14. The third-order valence-electron chi connectivity index (χ3n) is 6.90. The topological polar surface area (TPSA) is 187 Å². The van der Waals surface area contributed by atoms with Crippen LogP contribution in [0.1, 0.15) is 93.4 Å². The van der Waals surface area contributed by atoms with Gasteiger partial charge in [-0.1, -0.05) is 39.0 Å². The van der Waals surface area contributed by atoms with Gasteiger partial charge in [0.2, 0.25) is 11.8 Å². The van der Waals surface area contributed by atoms with Crippen LogP contribution in [0.2, 0.25) is 0 Å². The smallest absolute Gasteiger partial charge is 0.366 e. The Morgan fingerprint density at radius 3 is 1.87 bits per heavy atom. The van der Waals surface area contributed by atoms with E-state index in [9.17, 15) is 33.6 Å². The minimum Gasteiger partial charge on any atom is -0.465 e. The van der Waals surface area contributed by atoms with Gasteiger partial charge in [-0.05, 0) is 6.42 Å². The first-order valence-corrected chi connectivity index (χ1v) is 15.0. The van der Waals surface area contributed by atoms with Gasteiger partial charge in [0.05, 0.1) is 20.1 Å². The zero-order chi connectivity index (χ0) is 34.3. The zero-order valence-electron chi connectivity index (χ0n) is 27.4. The van der Waals surface area contributed by atoms with Crippen LogP contribution < -0.4 is 0 Å². The Labute approximate surface area is 263 Å². The molecule has 256 valence electrons. The number of amides is 2. The first kappa shape index (κ1) is 39.4. The van der Waals surface area contributed by atoms with Gasteiger partial charge in [-0.3, -0.25) is 33.7 Å². The van der Waals surface area contributed by atoms with Crippen LogP contribution in [0.3, 0.4) is 0 Å². The van der Waals surface area contributed by atoms with Crippen molar-refractivity contribution in [1.82, 2.24) is 4.90 Å². The summed E-state index contributed by atoms with van der Waals surface area (Å²) in [4.78, 5) is 88.4. The monoisotopic (exact) mass is 645 g/mol. The number of carbonyl (C=O) groups is 7. The normalized spacial score (nSPS) is 22.3. The largest absolute Gasteiger partial charge is 0.465 e. The second-order valence-electron chi connectivity index (χ2n) is 10.7. The fourth-order valence-electron chi connectivity index (χ4n) is 5.19. The van der Waals surface area contributed by atoms with Crippen LogP contribution in [0.25, 0.3) is 0 Å². The lowest BCUT2D eigenvalue weighted by atomic mass is 9.86. The van der Waals surface area contributed by atoms with E-state index in [0.29, 0.717) is 6.42 Å². The highest BCUT2D eigenvalue weighted by Crippen LogP contribution is 2.39. The maximum absolute atomic E-state index is 13.4. The summed E-state index contributed by atoms with van der Waals surface area (Å²) < 4.78 is 38.8. The number of carbonyl (C=O) groups excluding carboxylic acids is 7. The Kier molecular flexibility index (Phi) is 16.7. The van der Waals surface area contributed by atoms with E-state index in [2.05, 4.69) is 6.92 Å². The van der Waals surface area contributed by atoms with Gasteiger partial charge in [0.1, 0.15) is 24.9 Å². The fraction of sp³-hybridized carbons (Fsp3) is 0.767. The van der Waals surface area contributed by atoms with Crippen LogP contribution in [0.15, 0.2) is 0 Å². The lowest BCUT2D eigenvalue weighted by Crippen LogP contribution is -2.70. The van der Waals surface area contributed by atoms with Gasteiger partial charge in [-0.25, -0.2) is 4.79 Å². The summed E-state index contributed by atoms with van der Waals surface area (Å²) in [7, 11) is 1.08. The molecule has 1 aliphatic rings. The molecule has 1 saturated heterocycles. The molecule has 0 aliphatic carbocycles. The molecule has 6 atom stereocenters. The molecule has 0 aromatic rings. The van der Waals surface area contributed by atoms with E-state index in [1.807, 2.05) is 0 Å². The number of ether oxygens (including phenoxy) is 7. The molecule has 1 heterocycles. The van der Waals surface area contributed by atoms with Crippen LogP contribution in [-0.4, -0.2) is 103 Å². The molecule has 0 N–H and O–H groups in total. The Morgan fingerprint density at radius 1 is 0.800 bits per heavy atom. The first-order chi connectivity index (χ1) is 21.1. The second-order valence-corrected chi connectivity index (χ2v) is 10.7. The van der Waals surface area contributed by atoms with Crippen LogP contribution in [0.5, 0.6) is 0 Å². The standard InChI is InChI=1S/C30H47NO14/c1-9-10-11-12-13-14-15-41-30(29(38)39-8)16-24(42-21(5)35)26(31(18(2)32)19(3)33)28(45-30)27(44-23(7)37)25(43-22(6)36)17-40-20(4)34/h24-28H,9-17H2,1-8H3/t24-,25+,26+,27+,28+,30+/m0/s1. The number of nitrogens with zero attached hydrogens (tertiary/aromatic N) is 1. The quantitative estimate of drug-likeness (QED) is 0.127. The molecule has 0 bridgehead atoms. The van der Waals surface area contributed by atoms with Crippen LogP contribution in [0, 0.1) is 0 Å². The van der Waals surface area contributed by atoms with Crippen molar-refractivity contribution in [1.29, 1.82) is 0 Å². The van der Waals surface area contributed by atoms with E-state index < -0.39 is 90.9 Å². The van der Waals surface area contributed by atoms with Gasteiger partial charge in [-0.15, -0.1) is 0 Å². The summed E-state index contributed by atoms with van der Waals surface area (Å²) in [6.07, 6.45) is -1.70. The molecule has 15 nitrogen and oxygen atoms in total. The highest BCUT2D eigenvalue weighted by atomic mass is 16.7. The maximum atomic E-state index is 13.4. The lowest BCUT2D eigenvalue weighted by Gasteiger charge is -2.50.